The fourth-order valence-electron chi connectivity index (χ4n) is 2.89. The Morgan fingerprint density at radius 1 is 1.33 bits per heavy atom. The van der Waals surface area contributed by atoms with Crippen molar-refractivity contribution in [2.45, 2.75) is 57.8 Å². The second-order valence-corrected chi connectivity index (χ2v) is 6.06. The van der Waals surface area contributed by atoms with E-state index < -0.39 is 0 Å². The number of rotatable bonds is 4. The van der Waals surface area contributed by atoms with E-state index in [1.807, 2.05) is 26.0 Å². The van der Waals surface area contributed by atoms with Crippen LogP contribution >= 0.6 is 0 Å². The van der Waals surface area contributed by atoms with Crippen LogP contribution < -0.4 is 15.2 Å². The van der Waals surface area contributed by atoms with Gasteiger partial charge in [-0.25, -0.2) is 0 Å². The van der Waals surface area contributed by atoms with E-state index in [2.05, 4.69) is 10.2 Å². The largest absolute Gasteiger partial charge is 0.486 e. The second-order valence-electron chi connectivity index (χ2n) is 6.06. The molecule has 2 aromatic rings. The molecule has 2 unspecified atom stereocenters. The Balaban J connectivity index is 1.89. The average Bonchev–Trinajstić information content (AvgIpc) is 2.90. The first kappa shape index (κ1) is 14.2. The van der Waals surface area contributed by atoms with Crippen molar-refractivity contribution in [3.8, 4) is 11.5 Å². The van der Waals surface area contributed by atoms with Gasteiger partial charge in [0.15, 0.2) is 11.5 Å². The standard InChI is InChI=1S/C16H23N3O2/c1-10(2)20-16-13-9-18-19-14(13)6-7-15(16)21-12-5-3-4-11(17)8-12/h6-7,9-12H,3-5,8,17H2,1-2H3,(H,18,19). The number of fused-ring (bicyclic) bond motifs is 1. The molecule has 1 aromatic carbocycles. The van der Waals surface area contributed by atoms with Crippen LogP contribution in [0.1, 0.15) is 39.5 Å². The third kappa shape index (κ3) is 3.13. The first-order chi connectivity index (χ1) is 10.1. The van der Waals surface area contributed by atoms with Crippen LogP contribution in [0.2, 0.25) is 0 Å². The molecule has 0 bridgehead atoms. The van der Waals surface area contributed by atoms with E-state index >= 15 is 0 Å². The highest BCUT2D eigenvalue weighted by Gasteiger charge is 2.23. The summed E-state index contributed by atoms with van der Waals surface area (Å²) < 4.78 is 12.2. The van der Waals surface area contributed by atoms with Gasteiger partial charge in [-0.05, 0) is 51.7 Å². The Labute approximate surface area is 124 Å². The molecule has 0 saturated heterocycles. The monoisotopic (exact) mass is 289 g/mol. The van der Waals surface area contributed by atoms with Crippen molar-refractivity contribution in [2.75, 3.05) is 0 Å². The van der Waals surface area contributed by atoms with E-state index in [1.54, 1.807) is 6.20 Å². The molecule has 2 atom stereocenters. The van der Waals surface area contributed by atoms with Crippen LogP contribution in [0.15, 0.2) is 18.3 Å². The maximum absolute atomic E-state index is 6.19. The van der Waals surface area contributed by atoms with Gasteiger partial charge in [-0.3, -0.25) is 5.10 Å². The summed E-state index contributed by atoms with van der Waals surface area (Å²) in [5, 5.41) is 8.01. The van der Waals surface area contributed by atoms with E-state index in [4.69, 9.17) is 15.2 Å². The molecule has 1 aliphatic carbocycles. The SMILES string of the molecule is CC(C)Oc1c(OC2CCCC(N)C2)ccc2[nH]ncc12. The lowest BCUT2D eigenvalue weighted by Gasteiger charge is -2.28. The van der Waals surface area contributed by atoms with Crippen LogP contribution in [-0.4, -0.2) is 28.4 Å². The molecule has 3 rings (SSSR count). The van der Waals surface area contributed by atoms with Crippen molar-refractivity contribution in [2.24, 2.45) is 5.73 Å². The van der Waals surface area contributed by atoms with Crippen LogP contribution in [0.3, 0.4) is 0 Å². The van der Waals surface area contributed by atoms with Crippen molar-refractivity contribution in [1.82, 2.24) is 10.2 Å². The molecule has 1 aliphatic rings. The zero-order chi connectivity index (χ0) is 14.8. The highest BCUT2D eigenvalue weighted by atomic mass is 16.5. The zero-order valence-corrected chi connectivity index (χ0v) is 12.6. The minimum atomic E-state index is 0.0847. The van der Waals surface area contributed by atoms with Crippen molar-refractivity contribution >= 4 is 10.9 Å². The third-order valence-corrected chi connectivity index (χ3v) is 3.85. The predicted molar refractivity (Wildman–Crippen MR) is 82.7 cm³/mol. The van der Waals surface area contributed by atoms with Crippen LogP contribution in [-0.2, 0) is 0 Å². The summed E-state index contributed by atoms with van der Waals surface area (Å²) in [7, 11) is 0. The first-order valence-corrected chi connectivity index (χ1v) is 7.68. The van der Waals surface area contributed by atoms with Crippen molar-refractivity contribution in [1.29, 1.82) is 0 Å². The summed E-state index contributed by atoms with van der Waals surface area (Å²) in [5.74, 6) is 1.56. The number of nitrogens with zero attached hydrogens (tertiary/aromatic N) is 1. The summed E-state index contributed by atoms with van der Waals surface area (Å²) in [6.45, 7) is 4.03. The molecule has 114 valence electrons. The van der Waals surface area contributed by atoms with Crippen molar-refractivity contribution < 1.29 is 9.47 Å². The zero-order valence-electron chi connectivity index (χ0n) is 12.6. The van der Waals surface area contributed by atoms with Crippen LogP contribution in [0.4, 0.5) is 0 Å². The van der Waals surface area contributed by atoms with Gasteiger partial charge in [-0.1, -0.05) is 0 Å². The number of aromatic nitrogens is 2. The van der Waals surface area contributed by atoms with Gasteiger partial charge in [0.25, 0.3) is 0 Å². The number of nitrogens with one attached hydrogen (secondary N) is 1. The Hall–Kier alpha value is -1.75. The number of hydrogen-bond acceptors (Lipinski definition) is 4. The van der Waals surface area contributed by atoms with Crippen molar-refractivity contribution in [3.05, 3.63) is 18.3 Å². The van der Waals surface area contributed by atoms with Gasteiger partial charge >= 0.3 is 0 Å². The van der Waals surface area contributed by atoms with E-state index in [1.165, 1.54) is 0 Å². The van der Waals surface area contributed by atoms with E-state index in [-0.39, 0.29) is 18.2 Å². The van der Waals surface area contributed by atoms with E-state index in [9.17, 15) is 0 Å². The molecule has 0 spiro atoms. The molecule has 21 heavy (non-hydrogen) atoms. The summed E-state index contributed by atoms with van der Waals surface area (Å²) in [6.07, 6.45) is 6.22. The summed E-state index contributed by atoms with van der Waals surface area (Å²) in [5.41, 5.74) is 7.00. The lowest BCUT2D eigenvalue weighted by molar-refractivity contribution is 0.134. The van der Waals surface area contributed by atoms with Crippen LogP contribution in [0.5, 0.6) is 11.5 Å². The third-order valence-electron chi connectivity index (χ3n) is 3.85. The van der Waals surface area contributed by atoms with Crippen LogP contribution in [0, 0.1) is 0 Å². The molecular formula is C16H23N3O2. The maximum atomic E-state index is 6.19. The lowest BCUT2D eigenvalue weighted by atomic mass is 9.93. The number of aromatic amines is 1. The fraction of sp³-hybridized carbons (Fsp3) is 0.562. The number of benzene rings is 1. The summed E-state index contributed by atoms with van der Waals surface area (Å²) in [4.78, 5) is 0. The predicted octanol–water partition coefficient (Wildman–Crippen LogP) is 3.00. The topological polar surface area (TPSA) is 73.2 Å². The molecule has 0 amide bonds. The first-order valence-electron chi connectivity index (χ1n) is 7.68. The van der Waals surface area contributed by atoms with Gasteiger partial charge in [-0.15, -0.1) is 0 Å². The fourth-order valence-corrected chi connectivity index (χ4v) is 2.89. The summed E-state index contributed by atoms with van der Waals surface area (Å²) >= 11 is 0. The molecule has 5 nitrogen and oxygen atoms in total. The Morgan fingerprint density at radius 2 is 2.19 bits per heavy atom. The van der Waals surface area contributed by atoms with Gasteiger partial charge in [0.1, 0.15) is 6.10 Å². The highest BCUT2D eigenvalue weighted by Crippen LogP contribution is 2.37. The molecule has 1 heterocycles. The van der Waals surface area contributed by atoms with E-state index in [0.717, 1.165) is 48.1 Å². The quantitative estimate of drug-likeness (QED) is 0.907. The Morgan fingerprint density at radius 3 is 2.95 bits per heavy atom. The number of H-pyrrole nitrogens is 1. The van der Waals surface area contributed by atoms with Gasteiger partial charge in [-0.2, -0.15) is 5.10 Å². The maximum Gasteiger partial charge on any atom is 0.172 e. The molecule has 0 aliphatic heterocycles. The van der Waals surface area contributed by atoms with Crippen LogP contribution in [0.25, 0.3) is 10.9 Å². The Bertz CT molecular complexity index is 609. The summed E-state index contributed by atoms with van der Waals surface area (Å²) in [6, 6.07) is 4.18. The van der Waals surface area contributed by atoms with Gasteiger partial charge in [0.2, 0.25) is 0 Å². The number of ether oxygens (including phenoxy) is 2. The second kappa shape index (κ2) is 5.93. The molecule has 5 heteroatoms. The molecule has 0 radical (unpaired) electrons. The molecule has 1 saturated carbocycles. The Kier molecular flexibility index (Phi) is 4.01. The number of hydrogen-bond donors (Lipinski definition) is 2. The average molecular weight is 289 g/mol. The smallest absolute Gasteiger partial charge is 0.172 e. The normalized spacial score (nSPS) is 22.7. The highest BCUT2D eigenvalue weighted by molar-refractivity contribution is 5.87. The molecular weight excluding hydrogens is 266 g/mol. The van der Waals surface area contributed by atoms with Gasteiger partial charge < -0.3 is 15.2 Å². The molecule has 1 aromatic heterocycles. The minimum absolute atomic E-state index is 0.0847. The van der Waals surface area contributed by atoms with E-state index in [0.29, 0.717) is 0 Å². The lowest BCUT2D eigenvalue weighted by Crippen LogP contribution is -2.33. The molecule has 3 N–H and O–H groups in total. The van der Waals surface area contributed by atoms with Crippen molar-refractivity contribution in [3.63, 3.8) is 0 Å². The molecule has 1 fully saturated rings. The minimum Gasteiger partial charge on any atom is -0.486 e. The van der Waals surface area contributed by atoms with Gasteiger partial charge in [0.05, 0.1) is 23.2 Å². The van der Waals surface area contributed by atoms with Gasteiger partial charge in [0, 0.05) is 6.04 Å². The number of nitrogens with two attached hydrogens (primary N) is 1.